The standard InChI is InChI=1S/C11H15FO2/c1-8(13)3-2-4-9-7-10(12)5-6-11(9)14/h5-8,13-14H,2-4H2,1H3. The third kappa shape index (κ3) is 3.34. The number of phenolic OH excluding ortho intramolecular Hbond substituents is 1. The molecule has 0 bridgehead atoms. The van der Waals surface area contributed by atoms with Gasteiger partial charge in [-0.25, -0.2) is 4.39 Å². The average molecular weight is 198 g/mol. The van der Waals surface area contributed by atoms with Crippen molar-refractivity contribution in [3.8, 4) is 5.75 Å². The SMILES string of the molecule is CC(O)CCCc1cc(F)ccc1O. The van der Waals surface area contributed by atoms with E-state index in [4.69, 9.17) is 5.11 Å². The van der Waals surface area contributed by atoms with E-state index < -0.39 is 0 Å². The van der Waals surface area contributed by atoms with Crippen LogP contribution < -0.4 is 0 Å². The number of aryl methyl sites for hydroxylation is 1. The lowest BCUT2D eigenvalue weighted by atomic mass is 10.1. The molecule has 1 aromatic rings. The van der Waals surface area contributed by atoms with Crippen molar-refractivity contribution in [2.24, 2.45) is 0 Å². The highest BCUT2D eigenvalue weighted by Gasteiger charge is 2.03. The fourth-order valence-electron chi connectivity index (χ4n) is 1.34. The zero-order valence-electron chi connectivity index (χ0n) is 8.20. The minimum atomic E-state index is -0.342. The zero-order chi connectivity index (χ0) is 10.6. The fourth-order valence-corrected chi connectivity index (χ4v) is 1.34. The maximum atomic E-state index is 12.8. The summed E-state index contributed by atoms with van der Waals surface area (Å²) in [4.78, 5) is 0. The van der Waals surface area contributed by atoms with Gasteiger partial charge in [-0.3, -0.25) is 0 Å². The van der Waals surface area contributed by atoms with Crippen molar-refractivity contribution in [3.63, 3.8) is 0 Å². The predicted molar refractivity (Wildman–Crippen MR) is 52.7 cm³/mol. The molecule has 0 aliphatic heterocycles. The molecule has 1 rings (SSSR count). The normalized spacial score (nSPS) is 12.8. The Labute approximate surface area is 83.0 Å². The van der Waals surface area contributed by atoms with Crippen molar-refractivity contribution in [1.82, 2.24) is 0 Å². The topological polar surface area (TPSA) is 40.5 Å². The highest BCUT2D eigenvalue weighted by atomic mass is 19.1. The van der Waals surface area contributed by atoms with Crippen LogP contribution in [0.3, 0.4) is 0 Å². The van der Waals surface area contributed by atoms with Crippen LogP contribution in [0.2, 0.25) is 0 Å². The van der Waals surface area contributed by atoms with Gasteiger partial charge in [-0.05, 0) is 49.9 Å². The Morgan fingerprint density at radius 1 is 1.43 bits per heavy atom. The van der Waals surface area contributed by atoms with Crippen molar-refractivity contribution < 1.29 is 14.6 Å². The molecule has 78 valence electrons. The van der Waals surface area contributed by atoms with E-state index in [2.05, 4.69) is 0 Å². The highest BCUT2D eigenvalue weighted by Crippen LogP contribution is 2.20. The second kappa shape index (κ2) is 4.96. The minimum Gasteiger partial charge on any atom is -0.508 e. The van der Waals surface area contributed by atoms with Crippen LogP contribution in [0.15, 0.2) is 18.2 Å². The van der Waals surface area contributed by atoms with Crippen molar-refractivity contribution in [2.45, 2.75) is 32.3 Å². The second-order valence-corrected chi connectivity index (χ2v) is 3.51. The molecule has 14 heavy (non-hydrogen) atoms. The molecule has 0 saturated carbocycles. The van der Waals surface area contributed by atoms with Gasteiger partial charge in [0, 0.05) is 0 Å². The van der Waals surface area contributed by atoms with Gasteiger partial charge < -0.3 is 10.2 Å². The molecule has 0 heterocycles. The van der Waals surface area contributed by atoms with Crippen LogP contribution >= 0.6 is 0 Å². The third-order valence-electron chi connectivity index (χ3n) is 2.11. The van der Waals surface area contributed by atoms with Gasteiger partial charge in [0.15, 0.2) is 0 Å². The molecule has 1 aromatic carbocycles. The first-order chi connectivity index (χ1) is 6.59. The molecule has 1 atom stereocenters. The van der Waals surface area contributed by atoms with Gasteiger partial charge >= 0.3 is 0 Å². The summed E-state index contributed by atoms with van der Waals surface area (Å²) in [6, 6.07) is 3.91. The van der Waals surface area contributed by atoms with E-state index in [9.17, 15) is 9.50 Å². The average Bonchev–Trinajstić information content (AvgIpc) is 2.10. The second-order valence-electron chi connectivity index (χ2n) is 3.51. The summed E-state index contributed by atoms with van der Waals surface area (Å²) in [7, 11) is 0. The minimum absolute atomic E-state index is 0.122. The van der Waals surface area contributed by atoms with Gasteiger partial charge in [-0.1, -0.05) is 0 Å². The smallest absolute Gasteiger partial charge is 0.123 e. The Bertz CT molecular complexity index is 297. The Balaban J connectivity index is 2.53. The molecule has 0 amide bonds. The zero-order valence-corrected chi connectivity index (χ0v) is 8.20. The lowest BCUT2D eigenvalue weighted by Gasteiger charge is -2.06. The first-order valence-corrected chi connectivity index (χ1v) is 4.75. The molecule has 0 fully saturated rings. The number of aliphatic hydroxyl groups excluding tert-OH is 1. The van der Waals surface area contributed by atoms with Crippen LogP contribution in [-0.2, 0) is 6.42 Å². The van der Waals surface area contributed by atoms with E-state index >= 15 is 0 Å². The van der Waals surface area contributed by atoms with E-state index in [1.807, 2.05) is 0 Å². The number of benzene rings is 1. The highest BCUT2D eigenvalue weighted by molar-refractivity contribution is 5.32. The van der Waals surface area contributed by atoms with Crippen molar-refractivity contribution >= 4 is 0 Å². The molecule has 0 aliphatic carbocycles. The summed E-state index contributed by atoms with van der Waals surface area (Å²) in [6.45, 7) is 1.71. The van der Waals surface area contributed by atoms with Gasteiger partial charge in [0.2, 0.25) is 0 Å². The third-order valence-corrected chi connectivity index (χ3v) is 2.11. The van der Waals surface area contributed by atoms with Gasteiger partial charge in [0.05, 0.1) is 6.10 Å². The molecule has 0 aromatic heterocycles. The molecule has 3 heteroatoms. The number of halogens is 1. The van der Waals surface area contributed by atoms with Crippen LogP contribution in [0.1, 0.15) is 25.3 Å². The Morgan fingerprint density at radius 3 is 2.79 bits per heavy atom. The van der Waals surface area contributed by atoms with E-state index in [0.29, 0.717) is 18.4 Å². The number of rotatable bonds is 4. The lowest BCUT2D eigenvalue weighted by Crippen LogP contribution is -2.00. The molecule has 1 unspecified atom stereocenters. The summed E-state index contributed by atoms with van der Waals surface area (Å²) < 4.78 is 12.8. The molecule has 0 spiro atoms. The van der Waals surface area contributed by atoms with Crippen molar-refractivity contribution in [3.05, 3.63) is 29.6 Å². The first-order valence-electron chi connectivity index (χ1n) is 4.75. The van der Waals surface area contributed by atoms with Crippen LogP contribution in [-0.4, -0.2) is 16.3 Å². The molecular weight excluding hydrogens is 183 g/mol. The Kier molecular flexibility index (Phi) is 3.89. The molecule has 0 saturated heterocycles. The van der Waals surface area contributed by atoms with E-state index in [-0.39, 0.29) is 17.7 Å². The Hall–Kier alpha value is -1.09. The van der Waals surface area contributed by atoms with Crippen LogP contribution in [0, 0.1) is 5.82 Å². The van der Waals surface area contributed by atoms with Crippen molar-refractivity contribution in [2.75, 3.05) is 0 Å². The van der Waals surface area contributed by atoms with E-state index in [1.54, 1.807) is 6.92 Å². The summed E-state index contributed by atoms with van der Waals surface area (Å²) in [5.74, 6) is -0.216. The number of aliphatic hydroxyl groups is 1. The van der Waals surface area contributed by atoms with Gasteiger partial charge in [-0.2, -0.15) is 0 Å². The fraction of sp³-hybridized carbons (Fsp3) is 0.455. The van der Waals surface area contributed by atoms with Crippen molar-refractivity contribution in [1.29, 1.82) is 0 Å². The maximum absolute atomic E-state index is 12.8. The summed E-state index contributed by atoms with van der Waals surface area (Å²) in [5, 5.41) is 18.4. The number of aromatic hydroxyl groups is 1. The predicted octanol–water partition coefficient (Wildman–Crippen LogP) is 2.23. The van der Waals surface area contributed by atoms with Gasteiger partial charge in [0.25, 0.3) is 0 Å². The number of hydrogen-bond donors (Lipinski definition) is 2. The van der Waals surface area contributed by atoms with Crippen LogP contribution in [0.5, 0.6) is 5.75 Å². The maximum Gasteiger partial charge on any atom is 0.123 e. The van der Waals surface area contributed by atoms with E-state index in [1.165, 1.54) is 18.2 Å². The number of phenols is 1. The van der Waals surface area contributed by atoms with Crippen LogP contribution in [0.25, 0.3) is 0 Å². The molecule has 2 N–H and O–H groups in total. The number of hydrogen-bond acceptors (Lipinski definition) is 2. The monoisotopic (exact) mass is 198 g/mol. The lowest BCUT2D eigenvalue weighted by molar-refractivity contribution is 0.181. The quantitative estimate of drug-likeness (QED) is 0.778. The summed E-state index contributed by atoms with van der Waals surface area (Å²) in [5.41, 5.74) is 0.602. The molecule has 0 radical (unpaired) electrons. The van der Waals surface area contributed by atoms with Gasteiger partial charge in [-0.15, -0.1) is 0 Å². The Morgan fingerprint density at radius 2 is 2.14 bits per heavy atom. The molecule has 2 nitrogen and oxygen atoms in total. The van der Waals surface area contributed by atoms with E-state index in [0.717, 1.165) is 6.42 Å². The summed E-state index contributed by atoms with van der Waals surface area (Å²) >= 11 is 0. The largest absolute Gasteiger partial charge is 0.508 e. The van der Waals surface area contributed by atoms with Crippen LogP contribution in [0.4, 0.5) is 4.39 Å². The molecule has 0 aliphatic rings. The molecular formula is C11H15FO2. The summed E-state index contributed by atoms with van der Waals surface area (Å²) in [6.07, 6.45) is 1.66. The van der Waals surface area contributed by atoms with Gasteiger partial charge in [0.1, 0.15) is 11.6 Å². The first kappa shape index (κ1) is 11.0.